The Morgan fingerprint density at radius 2 is 1.00 bits per heavy atom. The van der Waals surface area contributed by atoms with E-state index in [1.807, 2.05) is 59.7 Å². The number of aliphatic hydroxyl groups excluding tert-OH is 1. The molecule has 0 fully saturated rings. The van der Waals surface area contributed by atoms with Crippen molar-refractivity contribution in [2.45, 2.75) is 168 Å². The van der Waals surface area contributed by atoms with Crippen molar-refractivity contribution in [3.8, 4) is 0 Å². The Kier molecular flexibility index (Phi) is 24.7. The summed E-state index contributed by atoms with van der Waals surface area (Å²) >= 11 is 0. The molecule has 0 bridgehead atoms. The number of nitrogens with one attached hydrogen (secondary N) is 8. The number of hydrogen-bond donors (Lipinski definition) is 12. The molecule has 0 aliphatic rings. The number of rotatable bonds is 31. The highest BCUT2D eigenvalue weighted by Gasteiger charge is 2.37. The second-order valence-corrected chi connectivity index (χ2v) is 20.1. The highest BCUT2D eigenvalue weighted by atomic mass is 16.4. The monoisotopic (exact) mass is 1030 g/mol. The van der Waals surface area contributed by atoms with Crippen molar-refractivity contribution < 1.29 is 58.5 Å². The lowest BCUT2D eigenvalue weighted by molar-refractivity contribution is -0.145. The molecule has 0 spiro atoms. The van der Waals surface area contributed by atoms with E-state index >= 15 is 0 Å². The van der Waals surface area contributed by atoms with Crippen molar-refractivity contribution in [3.05, 3.63) is 71.9 Å². The van der Waals surface area contributed by atoms with Crippen LogP contribution in [0.4, 0.5) is 0 Å². The van der Waals surface area contributed by atoms with Gasteiger partial charge < -0.3 is 63.3 Å². The topological polar surface area (TPSA) is 340 Å². The Bertz CT molecular complexity index is 2370. The SMILES string of the molecule is CC[C@H](C)[C@H](N)C(=O)N[C@@H](CC(C)C)C(=O)N[C@@H](CC(C)C)C(=O)N[C@@H](Cc1c[nH]c2ccccc12)C(=O)N[C@@H](CCC(=O)O)C(=O)N[C@H](C(=O)N[C@@H](Cc1ccccc1)C(=O)N[C@H](C(=O)O)[C@@H](C)O)[C@@H](C)CC. The number of carbonyl (C=O) groups excluding carboxylic acids is 7. The molecule has 408 valence electrons. The van der Waals surface area contributed by atoms with E-state index in [4.69, 9.17) is 5.73 Å². The van der Waals surface area contributed by atoms with Crippen LogP contribution in [0.1, 0.15) is 112 Å². The summed E-state index contributed by atoms with van der Waals surface area (Å²) in [6.45, 7) is 15.7. The second kappa shape index (κ2) is 29.7. The number of carboxylic acid groups (broad SMARTS) is 2. The molecule has 1 heterocycles. The third-order valence-corrected chi connectivity index (χ3v) is 13.0. The summed E-state index contributed by atoms with van der Waals surface area (Å²) < 4.78 is 0. The number of para-hydroxylation sites is 1. The van der Waals surface area contributed by atoms with Crippen LogP contribution in [0.5, 0.6) is 0 Å². The molecule has 0 radical (unpaired) electrons. The number of amides is 7. The van der Waals surface area contributed by atoms with Gasteiger partial charge in [0.1, 0.15) is 36.3 Å². The molecule has 0 aliphatic carbocycles. The summed E-state index contributed by atoms with van der Waals surface area (Å²) in [6, 6.07) is 5.06. The molecule has 1 aromatic heterocycles. The number of aromatic amines is 1. The Morgan fingerprint density at radius 1 is 0.541 bits per heavy atom. The molecule has 13 N–H and O–H groups in total. The average molecular weight is 1030 g/mol. The third-order valence-electron chi connectivity index (χ3n) is 13.0. The number of nitrogens with two attached hydrogens (primary N) is 1. The lowest BCUT2D eigenvalue weighted by Crippen LogP contribution is -2.61. The van der Waals surface area contributed by atoms with Crippen LogP contribution in [-0.2, 0) is 56.0 Å². The van der Waals surface area contributed by atoms with Gasteiger partial charge in [0.15, 0.2) is 6.04 Å². The van der Waals surface area contributed by atoms with Crippen LogP contribution in [0.3, 0.4) is 0 Å². The van der Waals surface area contributed by atoms with Crippen molar-refractivity contribution >= 4 is 64.2 Å². The maximum atomic E-state index is 14.7. The molecule has 74 heavy (non-hydrogen) atoms. The van der Waals surface area contributed by atoms with Crippen LogP contribution in [0.2, 0.25) is 0 Å². The number of carboxylic acids is 2. The summed E-state index contributed by atoms with van der Waals surface area (Å²) in [4.78, 5) is 126. The predicted molar refractivity (Wildman–Crippen MR) is 278 cm³/mol. The number of fused-ring (bicyclic) bond motifs is 1. The zero-order chi connectivity index (χ0) is 55.4. The second-order valence-electron chi connectivity index (χ2n) is 20.1. The maximum Gasteiger partial charge on any atom is 0.328 e. The van der Waals surface area contributed by atoms with Gasteiger partial charge in [0.25, 0.3) is 0 Å². The third kappa shape index (κ3) is 19.2. The smallest absolute Gasteiger partial charge is 0.328 e. The van der Waals surface area contributed by atoms with Gasteiger partial charge in [-0.15, -0.1) is 0 Å². The molecule has 0 aliphatic heterocycles. The molecule has 3 rings (SSSR count). The largest absolute Gasteiger partial charge is 0.481 e. The van der Waals surface area contributed by atoms with Crippen LogP contribution in [-0.4, -0.2) is 128 Å². The van der Waals surface area contributed by atoms with Gasteiger partial charge in [-0.1, -0.05) is 117 Å². The minimum absolute atomic E-state index is 0.0494. The fourth-order valence-corrected chi connectivity index (χ4v) is 8.19. The summed E-state index contributed by atoms with van der Waals surface area (Å²) in [7, 11) is 0. The first-order chi connectivity index (χ1) is 34.9. The predicted octanol–water partition coefficient (Wildman–Crippen LogP) is 2.19. The van der Waals surface area contributed by atoms with Crippen LogP contribution in [0.15, 0.2) is 60.8 Å². The van der Waals surface area contributed by atoms with Crippen LogP contribution in [0, 0.1) is 23.7 Å². The highest BCUT2D eigenvalue weighted by molar-refractivity contribution is 5.98. The molecule has 0 saturated carbocycles. The van der Waals surface area contributed by atoms with Crippen LogP contribution < -0.4 is 43.0 Å². The van der Waals surface area contributed by atoms with Gasteiger partial charge in [-0.05, 0) is 67.1 Å². The lowest BCUT2D eigenvalue weighted by Gasteiger charge is -2.30. The standard InChI is InChI=1S/C53H79N9O12/c1-10-30(7)43(54)51(71)59-39(24-29(5)6)48(68)57-38(23-28(3)4)47(67)58-41(26-34-27-55-36-20-16-15-19-35(34)36)49(69)56-37(21-22-42(64)65)46(66)61-44(31(8)11-2)52(72)60-40(25-33-17-13-12-14-18-33)50(70)62-45(32(9)63)53(73)74/h12-20,27-32,37-41,43-45,55,63H,10-11,21-26,54H2,1-9H3,(H,56,69)(H,57,68)(H,58,67)(H,59,71)(H,60,72)(H,61,66)(H,62,70)(H,64,65)(H,73,74)/t30-,31-,32+,37-,38-,39-,40-,41-,43-,44-,45-/m0/s1. The van der Waals surface area contributed by atoms with Gasteiger partial charge in [-0.2, -0.15) is 0 Å². The van der Waals surface area contributed by atoms with Crippen molar-refractivity contribution in [3.63, 3.8) is 0 Å². The first kappa shape index (κ1) is 61.4. The molecule has 11 atom stereocenters. The van der Waals surface area contributed by atoms with Crippen molar-refractivity contribution in [1.82, 2.24) is 42.2 Å². The number of carbonyl (C=O) groups is 9. The first-order valence-corrected chi connectivity index (χ1v) is 25.5. The Balaban J connectivity index is 2.01. The van der Waals surface area contributed by atoms with E-state index in [1.54, 1.807) is 56.4 Å². The molecule has 2 aromatic carbocycles. The molecule has 0 unspecified atom stereocenters. The molecule has 3 aromatic rings. The quantitative estimate of drug-likeness (QED) is 0.0440. The Morgan fingerprint density at radius 3 is 1.54 bits per heavy atom. The minimum Gasteiger partial charge on any atom is -0.481 e. The average Bonchev–Trinajstić information content (AvgIpc) is 3.76. The first-order valence-electron chi connectivity index (χ1n) is 25.5. The normalized spacial score (nSPS) is 15.9. The van der Waals surface area contributed by atoms with Crippen molar-refractivity contribution in [1.29, 1.82) is 0 Å². The van der Waals surface area contributed by atoms with E-state index in [0.717, 1.165) is 10.9 Å². The Labute approximate surface area is 433 Å². The van der Waals surface area contributed by atoms with E-state index in [9.17, 15) is 58.5 Å². The van der Waals surface area contributed by atoms with Gasteiger partial charge in [-0.3, -0.25) is 38.4 Å². The number of aliphatic hydroxyl groups is 1. The van der Waals surface area contributed by atoms with Gasteiger partial charge in [0.05, 0.1) is 12.1 Å². The molecule has 0 saturated heterocycles. The highest BCUT2D eigenvalue weighted by Crippen LogP contribution is 2.20. The van der Waals surface area contributed by atoms with Gasteiger partial charge in [0.2, 0.25) is 41.4 Å². The van der Waals surface area contributed by atoms with Crippen LogP contribution >= 0.6 is 0 Å². The summed E-state index contributed by atoms with van der Waals surface area (Å²) in [5.74, 6) is -9.36. The molecule has 21 heteroatoms. The number of H-pyrrole nitrogens is 1. The number of benzene rings is 2. The number of aliphatic carboxylic acids is 2. The molecule has 7 amide bonds. The molecule has 21 nitrogen and oxygen atoms in total. The summed E-state index contributed by atoms with van der Waals surface area (Å²) in [5.41, 5.74) is 8.12. The number of aromatic nitrogens is 1. The Hall–Kier alpha value is -6.87. The van der Waals surface area contributed by atoms with Crippen molar-refractivity contribution in [2.75, 3.05) is 0 Å². The summed E-state index contributed by atoms with van der Waals surface area (Å²) in [5, 5.41) is 48.7. The van der Waals surface area contributed by atoms with Gasteiger partial charge >= 0.3 is 11.9 Å². The maximum absolute atomic E-state index is 14.7. The zero-order valence-corrected chi connectivity index (χ0v) is 44.0. The lowest BCUT2D eigenvalue weighted by atomic mass is 9.96. The van der Waals surface area contributed by atoms with E-state index in [2.05, 4.69) is 42.2 Å². The van der Waals surface area contributed by atoms with E-state index in [1.165, 1.54) is 6.92 Å². The fourth-order valence-electron chi connectivity index (χ4n) is 8.19. The van der Waals surface area contributed by atoms with Crippen LogP contribution in [0.25, 0.3) is 10.9 Å². The van der Waals surface area contributed by atoms with Gasteiger partial charge in [0, 0.05) is 36.4 Å². The fraction of sp³-hybridized carbons (Fsp3) is 0.566. The van der Waals surface area contributed by atoms with Crippen molar-refractivity contribution in [2.24, 2.45) is 29.4 Å². The van der Waals surface area contributed by atoms with E-state index in [0.29, 0.717) is 24.0 Å². The molecular formula is C53H79N9O12. The summed E-state index contributed by atoms with van der Waals surface area (Å²) in [6.07, 6.45) is 0.125. The number of hydrogen-bond acceptors (Lipinski definition) is 11. The van der Waals surface area contributed by atoms with E-state index in [-0.39, 0.29) is 43.4 Å². The minimum atomic E-state index is -1.72. The molecular weight excluding hydrogens is 955 g/mol. The zero-order valence-electron chi connectivity index (χ0n) is 44.0. The van der Waals surface area contributed by atoms with E-state index < -0.39 is 126 Å². The van der Waals surface area contributed by atoms with Gasteiger partial charge in [-0.25, -0.2) is 4.79 Å².